The highest BCUT2D eigenvalue weighted by atomic mass is 35.5. The first-order valence-corrected chi connectivity index (χ1v) is 13.1. The number of sulfone groups is 1. The van der Waals surface area contributed by atoms with Gasteiger partial charge in [0.2, 0.25) is 15.9 Å². The summed E-state index contributed by atoms with van der Waals surface area (Å²) in [6.07, 6.45) is 0.837. The first-order chi connectivity index (χ1) is 13.7. The quantitative estimate of drug-likeness (QED) is 0.598. The minimum absolute atomic E-state index is 0.0471. The first-order valence-electron chi connectivity index (χ1n) is 8.75. The largest absolute Gasteiger partial charge is 0.456 e. The summed E-state index contributed by atoms with van der Waals surface area (Å²) in [4.78, 5) is 12.2. The molecule has 0 unspecified atom stereocenters. The molecule has 0 atom stereocenters. The van der Waals surface area contributed by atoms with Crippen LogP contribution in [0.1, 0.15) is 19.4 Å². The van der Waals surface area contributed by atoms with Gasteiger partial charge >= 0.3 is 0 Å². The minimum Gasteiger partial charge on any atom is -0.456 e. The summed E-state index contributed by atoms with van der Waals surface area (Å²) in [6.45, 7) is 3.47. The van der Waals surface area contributed by atoms with Crippen LogP contribution >= 0.6 is 23.2 Å². The van der Waals surface area contributed by atoms with E-state index in [1.807, 2.05) is 4.72 Å². The molecule has 0 radical (unpaired) electrons. The van der Waals surface area contributed by atoms with Crippen molar-refractivity contribution in [3.05, 3.63) is 52.0 Å². The zero-order valence-electron chi connectivity index (χ0n) is 16.5. The molecular formula is C19H21Cl2NO6S2. The van der Waals surface area contributed by atoms with Crippen LogP contribution < -0.4 is 9.46 Å². The maximum absolute atomic E-state index is 12.1. The van der Waals surface area contributed by atoms with Crippen LogP contribution in [0, 0.1) is 5.92 Å². The highest BCUT2D eigenvalue weighted by molar-refractivity contribution is 7.90. The number of halogens is 2. The van der Waals surface area contributed by atoms with Crippen molar-refractivity contribution < 1.29 is 26.4 Å². The predicted molar refractivity (Wildman–Crippen MR) is 117 cm³/mol. The summed E-state index contributed by atoms with van der Waals surface area (Å²) >= 11 is 12.2. The van der Waals surface area contributed by atoms with Crippen LogP contribution in [0.4, 0.5) is 0 Å². The van der Waals surface area contributed by atoms with Crippen molar-refractivity contribution in [2.75, 3.05) is 12.0 Å². The molecule has 2 aromatic carbocycles. The van der Waals surface area contributed by atoms with Crippen molar-refractivity contribution in [1.82, 2.24) is 4.72 Å². The fourth-order valence-corrected chi connectivity index (χ4v) is 5.14. The lowest BCUT2D eigenvalue weighted by atomic mass is 10.1. The Morgan fingerprint density at radius 2 is 1.73 bits per heavy atom. The normalized spacial score (nSPS) is 12.1. The third-order valence-corrected chi connectivity index (χ3v) is 6.95. The number of sulfonamides is 1. The second kappa shape index (κ2) is 9.55. The Labute approximate surface area is 186 Å². The molecule has 0 aromatic heterocycles. The van der Waals surface area contributed by atoms with Gasteiger partial charge < -0.3 is 4.74 Å². The third-order valence-electron chi connectivity index (χ3n) is 3.68. The number of rotatable bonds is 8. The summed E-state index contributed by atoms with van der Waals surface area (Å²) in [5, 5.41) is 0.348. The molecule has 164 valence electrons. The van der Waals surface area contributed by atoms with Gasteiger partial charge in [-0.05, 0) is 47.9 Å². The molecular weight excluding hydrogens is 473 g/mol. The molecule has 30 heavy (non-hydrogen) atoms. The van der Waals surface area contributed by atoms with Gasteiger partial charge in [0.05, 0.1) is 22.1 Å². The average Bonchev–Trinajstić information content (AvgIpc) is 2.53. The van der Waals surface area contributed by atoms with Crippen LogP contribution in [0.5, 0.6) is 11.5 Å². The number of ether oxygens (including phenoxy) is 1. The van der Waals surface area contributed by atoms with E-state index in [-0.39, 0.29) is 44.5 Å². The molecule has 7 nitrogen and oxygen atoms in total. The van der Waals surface area contributed by atoms with Crippen molar-refractivity contribution in [2.24, 2.45) is 5.92 Å². The van der Waals surface area contributed by atoms with Crippen LogP contribution in [-0.2, 0) is 31.1 Å². The van der Waals surface area contributed by atoms with Gasteiger partial charge in [-0.3, -0.25) is 9.52 Å². The molecule has 1 amide bonds. The molecule has 0 saturated carbocycles. The Bertz CT molecular complexity index is 1160. The maximum atomic E-state index is 12.1. The maximum Gasteiger partial charge on any atom is 0.237 e. The lowest BCUT2D eigenvalue weighted by molar-refractivity contribution is -0.118. The summed E-state index contributed by atoms with van der Waals surface area (Å²) in [7, 11) is -7.14. The van der Waals surface area contributed by atoms with E-state index in [1.54, 1.807) is 13.8 Å². The standard InChI is InChI=1S/C19H21Cl2NO6S2/c1-12(2)11-30(26,27)22-19(23)8-13-6-14(20)9-15(7-13)28-18-5-4-16(10-17(18)21)29(3,24)25/h4-7,9-10,12H,8,11H2,1-3H3,(H,22,23). The number of carbonyl (C=O) groups is 1. The fourth-order valence-electron chi connectivity index (χ4n) is 2.58. The Kier molecular flexibility index (Phi) is 7.79. The zero-order valence-corrected chi connectivity index (χ0v) is 19.6. The van der Waals surface area contributed by atoms with Gasteiger partial charge in [0.15, 0.2) is 9.84 Å². The van der Waals surface area contributed by atoms with Gasteiger partial charge in [0.25, 0.3) is 0 Å². The Morgan fingerprint density at radius 1 is 1.07 bits per heavy atom. The van der Waals surface area contributed by atoms with E-state index in [2.05, 4.69) is 0 Å². The van der Waals surface area contributed by atoms with Crippen LogP contribution in [0.15, 0.2) is 41.3 Å². The minimum atomic E-state index is -3.72. The van der Waals surface area contributed by atoms with E-state index in [1.165, 1.54) is 36.4 Å². The van der Waals surface area contributed by atoms with Gasteiger partial charge in [-0.15, -0.1) is 0 Å². The highest BCUT2D eigenvalue weighted by Crippen LogP contribution is 2.33. The predicted octanol–water partition coefficient (Wildman–Crippen LogP) is 3.83. The van der Waals surface area contributed by atoms with E-state index < -0.39 is 25.8 Å². The van der Waals surface area contributed by atoms with E-state index in [0.29, 0.717) is 5.56 Å². The van der Waals surface area contributed by atoms with Crippen molar-refractivity contribution in [2.45, 2.75) is 25.2 Å². The number of hydrogen-bond donors (Lipinski definition) is 1. The molecule has 2 rings (SSSR count). The van der Waals surface area contributed by atoms with E-state index in [0.717, 1.165) is 6.26 Å². The van der Waals surface area contributed by atoms with Crippen molar-refractivity contribution in [3.63, 3.8) is 0 Å². The zero-order chi connectivity index (χ0) is 22.7. The van der Waals surface area contributed by atoms with Gasteiger partial charge in [0, 0.05) is 11.3 Å². The summed E-state index contributed by atoms with van der Waals surface area (Å²) in [6, 6.07) is 8.54. The number of carbonyl (C=O) groups excluding carboxylic acids is 1. The van der Waals surface area contributed by atoms with Gasteiger partial charge in [-0.1, -0.05) is 37.0 Å². The molecule has 2 aromatic rings. The Balaban J connectivity index is 2.19. The first kappa shape index (κ1) is 24.5. The summed E-state index contributed by atoms with van der Waals surface area (Å²) in [5.74, 6) is -0.532. The molecule has 0 saturated heterocycles. The molecule has 0 fully saturated rings. The van der Waals surface area contributed by atoms with Gasteiger partial charge in [-0.25, -0.2) is 16.8 Å². The molecule has 0 aliphatic heterocycles. The third kappa shape index (κ3) is 7.46. The monoisotopic (exact) mass is 493 g/mol. The van der Waals surface area contributed by atoms with Crippen LogP contribution in [0.3, 0.4) is 0 Å². The van der Waals surface area contributed by atoms with Crippen molar-refractivity contribution >= 4 is 49.0 Å². The second-order valence-corrected chi connectivity index (χ2v) is 11.8. The molecule has 0 heterocycles. The number of amides is 1. The molecule has 0 aliphatic carbocycles. The van der Waals surface area contributed by atoms with E-state index in [4.69, 9.17) is 27.9 Å². The SMILES string of the molecule is CC(C)CS(=O)(=O)NC(=O)Cc1cc(Cl)cc(Oc2ccc(S(C)(=O)=O)cc2Cl)c1. The van der Waals surface area contributed by atoms with Gasteiger partial charge in [0.1, 0.15) is 11.5 Å². The van der Waals surface area contributed by atoms with E-state index in [9.17, 15) is 21.6 Å². The van der Waals surface area contributed by atoms with E-state index >= 15 is 0 Å². The van der Waals surface area contributed by atoms with Crippen LogP contribution in [0.25, 0.3) is 0 Å². The summed E-state index contributed by atoms with van der Waals surface area (Å²) < 4.78 is 54.7. The van der Waals surface area contributed by atoms with Crippen LogP contribution in [-0.4, -0.2) is 34.8 Å². The van der Waals surface area contributed by atoms with Crippen molar-refractivity contribution in [3.8, 4) is 11.5 Å². The second-order valence-electron chi connectivity index (χ2n) is 7.14. The Morgan fingerprint density at radius 3 is 2.30 bits per heavy atom. The van der Waals surface area contributed by atoms with Crippen molar-refractivity contribution in [1.29, 1.82) is 0 Å². The Hall–Kier alpha value is -1.81. The number of hydrogen-bond acceptors (Lipinski definition) is 6. The van der Waals surface area contributed by atoms with Gasteiger partial charge in [-0.2, -0.15) is 0 Å². The number of benzene rings is 2. The smallest absolute Gasteiger partial charge is 0.237 e. The number of nitrogens with one attached hydrogen (secondary N) is 1. The van der Waals surface area contributed by atoms with Crippen LogP contribution in [0.2, 0.25) is 10.0 Å². The molecule has 0 spiro atoms. The molecule has 0 aliphatic rings. The topological polar surface area (TPSA) is 107 Å². The molecule has 0 bridgehead atoms. The lowest BCUT2D eigenvalue weighted by Gasteiger charge is -2.12. The highest BCUT2D eigenvalue weighted by Gasteiger charge is 2.17. The average molecular weight is 494 g/mol. The molecule has 11 heteroatoms. The summed E-state index contributed by atoms with van der Waals surface area (Å²) in [5.41, 5.74) is 0.429. The lowest BCUT2D eigenvalue weighted by Crippen LogP contribution is -2.34. The fraction of sp³-hybridized carbons (Fsp3) is 0.316. The molecule has 1 N–H and O–H groups in total.